The number of tetrazole rings is 1. The van der Waals surface area contributed by atoms with E-state index in [-0.39, 0.29) is 0 Å². The second-order valence-electron chi connectivity index (χ2n) is 4.51. The van der Waals surface area contributed by atoms with Crippen LogP contribution in [-0.2, 0) is 11.2 Å². The van der Waals surface area contributed by atoms with E-state index in [4.69, 9.17) is 0 Å². The van der Waals surface area contributed by atoms with Gasteiger partial charge in [-0.3, -0.25) is 4.79 Å². The first-order chi connectivity index (χ1) is 10.1. The van der Waals surface area contributed by atoms with Gasteiger partial charge in [-0.05, 0) is 46.7 Å². The summed E-state index contributed by atoms with van der Waals surface area (Å²) in [5, 5.41) is 24.5. The Kier molecular flexibility index (Phi) is 3.61. The molecule has 106 valence electrons. The summed E-state index contributed by atoms with van der Waals surface area (Å²) < 4.78 is 2.18. The number of rotatable bonds is 4. The molecule has 3 aromatic rings. The average molecular weight is 348 g/mol. The molecule has 0 radical (unpaired) electrons. The zero-order valence-corrected chi connectivity index (χ0v) is 12.3. The first-order valence-electron chi connectivity index (χ1n) is 6.16. The number of carbonyl (C=O) groups is 1. The quantitative estimate of drug-likeness (QED) is 0.771. The Morgan fingerprint density at radius 3 is 2.71 bits per heavy atom. The molecular weight excluding hydrogens is 338 g/mol. The van der Waals surface area contributed by atoms with Crippen molar-refractivity contribution in [3.63, 3.8) is 0 Å². The number of halogens is 1. The normalized spacial score (nSPS) is 12.4. The van der Waals surface area contributed by atoms with E-state index in [0.717, 1.165) is 10.0 Å². The molecule has 0 aliphatic heterocycles. The molecule has 0 saturated carbocycles. The van der Waals surface area contributed by atoms with Gasteiger partial charge in [-0.2, -0.15) is 5.10 Å². The first-order valence-corrected chi connectivity index (χ1v) is 6.95. The highest BCUT2D eigenvalue weighted by molar-refractivity contribution is 9.10. The number of hydrogen-bond donors (Lipinski definition) is 1. The number of aliphatic carboxylic acids is 1. The van der Waals surface area contributed by atoms with Gasteiger partial charge in [-0.15, -0.1) is 9.73 Å². The van der Waals surface area contributed by atoms with Gasteiger partial charge in [-0.1, -0.05) is 28.1 Å². The summed E-state index contributed by atoms with van der Waals surface area (Å²) in [7, 11) is 0. The van der Waals surface area contributed by atoms with E-state index in [1.807, 2.05) is 24.3 Å². The molecule has 0 aliphatic carbocycles. The fraction of sp³-hybridized carbons (Fsp3) is 0.154. The molecule has 1 atom stereocenters. The van der Waals surface area contributed by atoms with Gasteiger partial charge in [0.2, 0.25) is 0 Å². The van der Waals surface area contributed by atoms with Crippen molar-refractivity contribution in [2.45, 2.75) is 12.3 Å². The van der Waals surface area contributed by atoms with Crippen LogP contribution >= 0.6 is 15.9 Å². The summed E-state index contributed by atoms with van der Waals surface area (Å²) in [5.74, 6) is -1.68. The predicted molar refractivity (Wildman–Crippen MR) is 76.8 cm³/mol. The summed E-state index contributed by atoms with van der Waals surface area (Å²) in [5.41, 5.74) is 1.82. The highest BCUT2D eigenvalue weighted by Gasteiger charge is 2.22. The standard InChI is InChI=1S/C13H10BrN5O2/c14-9-3-1-8(2-4-9)7-10(13(20)21)11-5-6-12-15-17-18-19(12)16-11/h1-6,10H,7H2,(H,20,21). The van der Waals surface area contributed by atoms with Gasteiger partial charge < -0.3 is 5.11 Å². The van der Waals surface area contributed by atoms with Gasteiger partial charge in [0.25, 0.3) is 0 Å². The van der Waals surface area contributed by atoms with Crippen molar-refractivity contribution in [1.29, 1.82) is 0 Å². The highest BCUT2D eigenvalue weighted by atomic mass is 79.9. The van der Waals surface area contributed by atoms with E-state index < -0.39 is 11.9 Å². The number of nitrogens with zero attached hydrogens (tertiary/aromatic N) is 5. The van der Waals surface area contributed by atoms with Gasteiger partial charge in [-0.25, -0.2) is 0 Å². The molecule has 3 rings (SSSR count). The van der Waals surface area contributed by atoms with Crippen molar-refractivity contribution in [1.82, 2.24) is 25.3 Å². The monoisotopic (exact) mass is 347 g/mol. The summed E-state index contributed by atoms with van der Waals surface area (Å²) in [6.45, 7) is 0. The lowest BCUT2D eigenvalue weighted by atomic mass is 9.96. The maximum Gasteiger partial charge on any atom is 0.313 e. The summed E-state index contributed by atoms with van der Waals surface area (Å²) in [6, 6.07) is 10.8. The number of carboxylic acids is 1. The second kappa shape index (κ2) is 5.57. The molecule has 7 nitrogen and oxygen atoms in total. The van der Waals surface area contributed by atoms with Crippen LogP contribution in [0.3, 0.4) is 0 Å². The summed E-state index contributed by atoms with van der Waals surface area (Å²) >= 11 is 3.35. The minimum Gasteiger partial charge on any atom is -0.481 e. The van der Waals surface area contributed by atoms with E-state index >= 15 is 0 Å². The summed E-state index contributed by atoms with van der Waals surface area (Å²) in [4.78, 5) is 11.5. The van der Waals surface area contributed by atoms with Gasteiger partial charge in [0.05, 0.1) is 5.69 Å². The largest absolute Gasteiger partial charge is 0.481 e. The Labute approximate surface area is 127 Å². The Morgan fingerprint density at radius 1 is 1.24 bits per heavy atom. The van der Waals surface area contributed by atoms with Crippen LogP contribution in [0.5, 0.6) is 0 Å². The van der Waals surface area contributed by atoms with Crippen LogP contribution in [0.2, 0.25) is 0 Å². The molecule has 21 heavy (non-hydrogen) atoms. The SMILES string of the molecule is O=C(O)C(Cc1ccc(Br)cc1)c1ccc2nnnn2n1. The van der Waals surface area contributed by atoms with Gasteiger partial charge in [0.15, 0.2) is 5.65 Å². The Morgan fingerprint density at radius 2 is 2.00 bits per heavy atom. The Bertz CT molecular complexity index is 787. The van der Waals surface area contributed by atoms with Crippen LogP contribution in [0.1, 0.15) is 17.2 Å². The van der Waals surface area contributed by atoms with Crippen LogP contribution in [0.4, 0.5) is 0 Å². The molecule has 2 aromatic heterocycles. The Hall–Kier alpha value is -2.35. The third kappa shape index (κ3) is 2.89. The van der Waals surface area contributed by atoms with E-state index in [2.05, 4.69) is 36.6 Å². The molecule has 1 unspecified atom stereocenters. The van der Waals surface area contributed by atoms with E-state index in [1.165, 1.54) is 4.63 Å². The van der Waals surface area contributed by atoms with Gasteiger partial charge >= 0.3 is 5.97 Å². The number of carboxylic acid groups (broad SMARTS) is 1. The fourth-order valence-electron chi connectivity index (χ4n) is 2.02. The van der Waals surface area contributed by atoms with Crippen LogP contribution < -0.4 is 0 Å². The molecular formula is C13H10BrN5O2. The topological polar surface area (TPSA) is 93.3 Å². The van der Waals surface area contributed by atoms with E-state index in [1.54, 1.807) is 12.1 Å². The molecule has 0 saturated heterocycles. The zero-order valence-electron chi connectivity index (χ0n) is 10.7. The van der Waals surface area contributed by atoms with Crippen LogP contribution in [0, 0.1) is 0 Å². The van der Waals surface area contributed by atoms with Crippen LogP contribution in [0.25, 0.3) is 5.65 Å². The van der Waals surface area contributed by atoms with Crippen molar-refractivity contribution in [3.8, 4) is 0 Å². The lowest BCUT2D eigenvalue weighted by molar-refractivity contribution is -0.138. The second-order valence-corrected chi connectivity index (χ2v) is 5.42. The number of fused-ring (bicyclic) bond motifs is 1. The van der Waals surface area contributed by atoms with Crippen molar-refractivity contribution < 1.29 is 9.90 Å². The minimum atomic E-state index is -0.933. The van der Waals surface area contributed by atoms with Gasteiger partial charge in [0, 0.05) is 4.47 Å². The average Bonchev–Trinajstić information content (AvgIpc) is 2.93. The van der Waals surface area contributed by atoms with Crippen molar-refractivity contribution in [2.75, 3.05) is 0 Å². The fourth-order valence-corrected chi connectivity index (χ4v) is 2.29. The van der Waals surface area contributed by atoms with Crippen LogP contribution in [0.15, 0.2) is 40.9 Å². The number of benzene rings is 1. The third-order valence-electron chi connectivity index (χ3n) is 3.10. The molecule has 1 aromatic carbocycles. The van der Waals surface area contributed by atoms with E-state index in [0.29, 0.717) is 17.8 Å². The van der Waals surface area contributed by atoms with Crippen LogP contribution in [-0.4, -0.2) is 36.3 Å². The molecule has 1 N–H and O–H groups in total. The maximum absolute atomic E-state index is 11.5. The van der Waals surface area contributed by atoms with Crippen molar-refractivity contribution >= 4 is 27.5 Å². The number of hydrogen-bond acceptors (Lipinski definition) is 5. The van der Waals surface area contributed by atoms with Gasteiger partial charge in [0.1, 0.15) is 5.92 Å². The molecule has 0 aliphatic rings. The highest BCUT2D eigenvalue weighted by Crippen LogP contribution is 2.21. The molecule has 0 bridgehead atoms. The van der Waals surface area contributed by atoms with E-state index in [9.17, 15) is 9.90 Å². The molecule has 0 amide bonds. The lowest BCUT2D eigenvalue weighted by Crippen LogP contribution is -2.17. The molecule has 0 fully saturated rings. The minimum absolute atomic E-state index is 0.350. The molecule has 0 spiro atoms. The smallest absolute Gasteiger partial charge is 0.313 e. The first kappa shape index (κ1) is 13.6. The maximum atomic E-state index is 11.5. The predicted octanol–water partition coefficient (Wildman–Crippen LogP) is 1.69. The lowest BCUT2D eigenvalue weighted by Gasteiger charge is -2.11. The number of aromatic nitrogens is 5. The van der Waals surface area contributed by atoms with Crippen molar-refractivity contribution in [3.05, 3.63) is 52.1 Å². The zero-order chi connectivity index (χ0) is 14.8. The van der Waals surface area contributed by atoms with Crippen molar-refractivity contribution in [2.24, 2.45) is 0 Å². The molecule has 2 heterocycles. The summed E-state index contributed by atoms with van der Waals surface area (Å²) in [6.07, 6.45) is 0.350. The third-order valence-corrected chi connectivity index (χ3v) is 3.63. The molecule has 8 heteroatoms. The Balaban J connectivity index is 1.93.